The first kappa shape index (κ1) is 18.4. The van der Waals surface area contributed by atoms with E-state index in [1.165, 1.54) is 22.9 Å². The fourth-order valence-corrected chi connectivity index (χ4v) is 5.20. The number of amides is 1. The third-order valence-electron chi connectivity index (χ3n) is 5.24. The van der Waals surface area contributed by atoms with Gasteiger partial charge in [0.1, 0.15) is 0 Å². The first-order valence-electron chi connectivity index (χ1n) is 9.09. The summed E-state index contributed by atoms with van der Waals surface area (Å²) in [5, 5.41) is 2.01. The Labute approximate surface area is 150 Å². The van der Waals surface area contributed by atoms with Crippen LogP contribution in [-0.4, -0.2) is 48.8 Å². The summed E-state index contributed by atoms with van der Waals surface area (Å²) >= 11 is 0. The van der Waals surface area contributed by atoms with Crippen molar-refractivity contribution in [2.75, 3.05) is 13.1 Å². The van der Waals surface area contributed by atoms with Gasteiger partial charge in [0.25, 0.3) is 5.91 Å². The van der Waals surface area contributed by atoms with Crippen LogP contribution in [0.2, 0.25) is 0 Å². The zero-order valence-electron chi connectivity index (χ0n) is 14.9. The van der Waals surface area contributed by atoms with Crippen LogP contribution < -0.4 is 5.43 Å². The smallest absolute Gasteiger partial charge is 0.265 e. The van der Waals surface area contributed by atoms with Crippen LogP contribution in [0.3, 0.4) is 0 Å². The van der Waals surface area contributed by atoms with Crippen LogP contribution >= 0.6 is 0 Å². The highest BCUT2D eigenvalue weighted by Crippen LogP contribution is 2.22. The van der Waals surface area contributed by atoms with E-state index in [0.717, 1.165) is 25.7 Å². The average Bonchev–Trinajstić information content (AvgIpc) is 3.14. The van der Waals surface area contributed by atoms with Gasteiger partial charge in [0.2, 0.25) is 10.0 Å². The summed E-state index contributed by atoms with van der Waals surface area (Å²) in [6.07, 6.45) is 5.13. The van der Waals surface area contributed by atoms with E-state index in [9.17, 15) is 13.2 Å². The number of piperidine rings is 1. The predicted molar refractivity (Wildman–Crippen MR) is 96.5 cm³/mol. The van der Waals surface area contributed by atoms with E-state index >= 15 is 0 Å². The van der Waals surface area contributed by atoms with Gasteiger partial charge in [-0.05, 0) is 63.8 Å². The molecule has 2 atom stereocenters. The van der Waals surface area contributed by atoms with Crippen molar-refractivity contribution in [3.05, 3.63) is 29.8 Å². The Kier molecular flexibility index (Phi) is 5.46. The highest BCUT2D eigenvalue weighted by molar-refractivity contribution is 7.89. The summed E-state index contributed by atoms with van der Waals surface area (Å²) in [5.74, 6) is -0.189. The van der Waals surface area contributed by atoms with Gasteiger partial charge in [-0.1, -0.05) is 6.42 Å². The summed E-state index contributed by atoms with van der Waals surface area (Å²) in [5.41, 5.74) is 3.46. The van der Waals surface area contributed by atoms with Gasteiger partial charge in [-0.3, -0.25) is 10.2 Å². The number of hydrazine groups is 1. The van der Waals surface area contributed by atoms with Gasteiger partial charge in [0, 0.05) is 30.7 Å². The lowest BCUT2D eigenvalue weighted by molar-refractivity contribution is 0.0369. The lowest BCUT2D eigenvalue weighted by atomic mass is 10.00. The van der Waals surface area contributed by atoms with Crippen molar-refractivity contribution in [2.24, 2.45) is 0 Å². The normalized spacial score (nSPS) is 25.8. The summed E-state index contributed by atoms with van der Waals surface area (Å²) < 4.78 is 26.6. The molecule has 7 heteroatoms. The summed E-state index contributed by atoms with van der Waals surface area (Å²) in [7, 11) is -3.43. The molecule has 0 saturated carbocycles. The minimum Gasteiger partial charge on any atom is -0.284 e. The minimum absolute atomic E-state index is 0.189. The topological polar surface area (TPSA) is 69.7 Å². The molecular weight excluding hydrogens is 338 g/mol. The first-order valence-corrected chi connectivity index (χ1v) is 10.5. The first-order chi connectivity index (χ1) is 11.9. The fraction of sp³-hybridized carbons (Fsp3) is 0.611. The molecule has 1 aromatic rings. The van der Waals surface area contributed by atoms with Crippen molar-refractivity contribution < 1.29 is 13.2 Å². The largest absolute Gasteiger partial charge is 0.284 e. The molecule has 138 valence electrons. The molecule has 2 fully saturated rings. The van der Waals surface area contributed by atoms with Gasteiger partial charge in [0.15, 0.2) is 0 Å². The van der Waals surface area contributed by atoms with Crippen LogP contribution in [0.1, 0.15) is 56.3 Å². The van der Waals surface area contributed by atoms with E-state index in [1.54, 1.807) is 12.1 Å². The molecule has 1 amide bonds. The summed E-state index contributed by atoms with van der Waals surface area (Å²) in [4.78, 5) is 12.8. The van der Waals surface area contributed by atoms with Crippen molar-refractivity contribution in [3.63, 3.8) is 0 Å². The van der Waals surface area contributed by atoms with Gasteiger partial charge in [-0.2, -0.15) is 4.31 Å². The molecule has 25 heavy (non-hydrogen) atoms. The monoisotopic (exact) mass is 365 g/mol. The maximum Gasteiger partial charge on any atom is 0.265 e. The third-order valence-corrected chi connectivity index (χ3v) is 7.16. The SMILES string of the molecule is C[C@@H]1CCC[C@@H](C)N1NC(=O)c1ccc(S(=O)(=O)N2CCCC2)cc1. The van der Waals surface area contributed by atoms with Crippen LogP contribution in [0.25, 0.3) is 0 Å². The second-order valence-corrected chi connectivity index (χ2v) is 9.05. The molecule has 0 spiro atoms. The number of hydrogen-bond donors (Lipinski definition) is 1. The number of benzene rings is 1. The van der Waals surface area contributed by atoms with E-state index in [-0.39, 0.29) is 10.8 Å². The summed E-state index contributed by atoms with van der Waals surface area (Å²) in [6.45, 7) is 5.38. The van der Waals surface area contributed by atoms with E-state index in [2.05, 4.69) is 19.3 Å². The summed E-state index contributed by atoms with van der Waals surface area (Å²) in [6, 6.07) is 6.87. The van der Waals surface area contributed by atoms with E-state index in [4.69, 9.17) is 0 Å². The number of carbonyl (C=O) groups excluding carboxylic acids is 1. The van der Waals surface area contributed by atoms with Gasteiger partial charge < -0.3 is 0 Å². The predicted octanol–water partition coefficient (Wildman–Crippen LogP) is 2.38. The Bertz CT molecular complexity index is 702. The Balaban J connectivity index is 1.70. The molecule has 6 nitrogen and oxygen atoms in total. The van der Waals surface area contributed by atoms with Crippen LogP contribution in [0, 0.1) is 0 Å². The number of nitrogens with one attached hydrogen (secondary N) is 1. The zero-order chi connectivity index (χ0) is 18.0. The molecule has 2 heterocycles. The Hall–Kier alpha value is -1.44. The maximum atomic E-state index is 12.5. The molecular formula is C18H27N3O3S. The molecule has 0 radical (unpaired) electrons. The van der Waals surface area contributed by atoms with Gasteiger partial charge in [0.05, 0.1) is 4.90 Å². The highest BCUT2D eigenvalue weighted by Gasteiger charge is 2.28. The fourth-order valence-electron chi connectivity index (χ4n) is 3.68. The van der Waals surface area contributed by atoms with Gasteiger partial charge >= 0.3 is 0 Å². The Morgan fingerprint density at radius 3 is 2.12 bits per heavy atom. The second kappa shape index (κ2) is 7.43. The van der Waals surface area contributed by atoms with Crippen LogP contribution in [0.4, 0.5) is 0 Å². The van der Waals surface area contributed by atoms with Crippen molar-refractivity contribution in [1.82, 2.24) is 14.7 Å². The molecule has 0 unspecified atom stereocenters. The number of carbonyl (C=O) groups is 1. The second-order valence-electron chi connectivity index (χ2n) is 7.11. The average molecular weight is 365 g/mol. The Morgan fingerprint density at radius 1 is 1.00 bits per heavy atom. The van der Waals surface area contributed by atoms with Gasteiger partial charge in [-0.15, -0.1) is 0 Å². The third kappa shape index (κ3) is 3.88. The molecule has 1 aromatic carbocycles. The number of rotatable bonds is 4. The molecule has 0 aromatic heterocycles. The van der Waals surface area contributed by atoms with E-state index in [0.29, 0.717) is 30.7 Å². The van der Waals surface area contributed by atoms with Crippen molar-refractivity contribution in [3.8, 4) is 0 Å². The number of nitrogens with zero attached hydrogens (tertiary/aromatic N) is 2. The molecule has 0 bridgehead atoms. The molecule has 2 saturated heterocycles. The molecule has 0 aliphatic carbocycles. The van der Waals surface area contributed by atoms with Crippen LogP contribution in [-0.2, 0) is 10.0 Å². The molecule has 1 N–H and O–H groups in total. The quantitative estimate of drug-likeness (QED) is 0.889. The van der Waals surface area contributed by atoms with Crippen molar-refractivity contribution >= 4 is 15.9 Å². The number of hydrogen-bond acceptors (Lipinski definition) is 4. The maximum absolute atomic E-state index is 12.5. The zero-order valence-corrected chi connectivity index (χ0v) is 15.8. The van der Waals surface area contributed by atoms with E-state index < -0.39 is 10.0 Å². The lowest BCUT2D eigenvalue weighted by Crippen LogP contribution is -2.54. The minimum atomic E-state index is -3.43. The number of sulfonamides is 1. The van der Waals surface area contributed by atoms with Crippen molar-refractivity contribution in [1.29, 1.82) is 0 Å². The molecule has 2 aliphatic heterocycles. The van der Waals surface area contributed by atoms with Crippen LogP contribution in [0.15, 0.2) is 29.2 Å². The van der Waals surface area contributed by atoms with Crippen LogP contribution in [0.5, 0.6) is 0 Å². The van der Waals surface area contributed by atoms with Crippen molar-refractivity contribution in [2.45, 2.75) is 62.9 Å². The van der Waals surface area contributed by atoms with E-state index in [1.807, 2.05) is 5.01 Å². The highest BCUT2D eigenvalue weighted by atomic mass is 32.2. The standard InChI is InChI=1S/C18H27N3O3S/c1-14-6-5-7-15(2)21(14)19-18(22)16-8-10-17(11-9-16)25(23,24)20-12-3-4-13-20/h8-11,14-15H,3-7,12-13H2,1-2H3,(H,19,22)/t14-,15-/m1/s1. The lowest BCUT2D eigenvalue weighted by Gasteiger charge is -2.38. The van der Waals surface area contributed by atoms with Gasteiger partial charge in [-0.25, -0.2) is 13.4 Å². The Morgan fingerprint density at radius 2 is 1.56 bits per heavy atom. The molecule has 2 aliphatic rings. The molecule has 3 rings (SSSR count).